The zero-order valence-corrected chi connectivity index (χ0v) is 21.9. The number of para-hydroxylation sites is 2. The van der Waals surface area contributed by atoms with Crippen molar-refractivity contribution >= 4 is 33.8 Å². The third-order valence-corrected chi connectivity index (χ3v) is 6.80. The molecule has 0 saturated heterocycles. The van der Waals surface area contributed by atoms with Crippen molar-refractivity contribution in [2.45, 2.75) is 13.8 Å². The zero-order chi connectivity index (χ0) is 28.0. The summed E-state index contributed by atoms with van der Waals surface area (Å²) in [5, 5.41) is 17.2. The quantitative estimate of drug-likeness (QED) is 0.147. The molecule has 0 fully saturated rings. The predicted molar refractivity (Wildman–Crippen MR) is 153 cm³/mol. The molecule has 0 radical (unpaired) electrons. The molecule has 0 aliphatic heterocycles. The second-order valence-electron chi connectivity index (χ2n) is 9.24. The molecule has 3 heterocycles. The fraction of sp³-hybridized carbons (Fsp3) is 0.100. The first-order chi connectivity index (χ1) is 19.4. The number of aromatic nitrogens is 3. The number of furan rings is 1. The average Bonchev–Trinajstić information content (AvgIpc) is 3.52. The van der Waals surface area contributed by atoms with Crippen molar-refractivity contribution in [1.82, 2.24) is 14.2 Å². The van der Waals surface area contributed by atoms with E-state index in [9.17, 15) is 14.9 Å². The number of nitro benzene ring substituents is 1. The highest BCUT2D eigenvalue weighted by Crippen LogP contribution is 2.31. The van der Waals surface area contributed by atoms with Gasteiger partial charge in [-0.3, -0.25) is 14.9 Å². The van der Waals surface area contributed by atoms with Crippen LogP contribution in [-0.2, 0) is 0 Å². The van der Waals surface area contributed by atoms with Crippen molar-refractivity contribution in [3.63, 3.8) is 0 Å². The van der Waals surface area contributed by atoms with Crippen LogP contribution in [0.25, 0.3) is 39.1 Å². The van der Waals surface area contributed by atoms with Crippen molar-refractivity contribution in [3.05, 3.63) is 116 Å². The lowest BCUT2D eigenvalue weighted by Crippen LogP contribution is -2.20. The molecule has 0 atom stereocenters. The lowest BCUT2D eigenvalue weighted by molar-refractivity contribution is -0.384. The zero-order valence-electron chi connectivity index (χ0n) is 21.9. The Labute approximate surface area is 227 Å². The molecule has 6 rings (SSSR count). The van der Waals surface area contributed by atoms with Crippen molar-refractivity contribution in [3.8, 4) is 23.0 Å². The van der Waals surface area contributed by atoms with E-state index >= 15 is 0 Å². The van der Waals surface area contributed by atoms with Crippen LogP contribution < -0.4 is 10.3 Å². The number of nitro groups is 1. The molecule has 10 nitrogen and oxygen atoms in total. The highest BCUT2D eigenvalue weighted by molar-refractivity contribution is 5.85. The molecule has 0 spiro atoms. The second-order valence-corrected chi connectivity index (χ2v) is 9.24. The minimum Gasteiger partial charge on any atom is -0.494 e. The summed E-state index contributed by atoms with van der Waals surface area (Å²) < 4.78 is 14.7. The van der Waals surface area contributed by atoms with E-state index in [1.54, 1.807) is 30.5 Å². The summed E-state index contributed by atoms with van der Waals surface area (Å²) >= 11 is 0. The predicted octanol–water partition coefficient (Wildman–Crippen LogP) is 6.02. The Balaban J connectivity index is 1.49. The molecule has 3 aromatic heterocycles. The first-order valence-corrected chi connectivity index (χ1v) is 12.4. The van der Waals surface area contributed by atoms with Gasteiger partial charge in [0.1, 0.15) is 11.3 Å². The number of hydrogen-bond acceptors (Lipinski definition) is 7. The molecule has 10 heteroatoms. The molecule has 40 heavy (non-hydrogen) atoms. The van der Waals surface area contributed by atoms with Gasteiger partial charge >= 0.3 is 0 Å². The van der Waals surface area contributed by atoms with Crippen LogP contribution >= 0.6 is 0 Å². The van der Waals surface area contributed by atoms with E-state index < -0.39 is 4.92 Å². The standard InChI is InChI=1S/C30H23N5O5/c1-18-14-21(19(2)33(18)25-13-12-22(35(37)38)16-27(25)39-3)17-31-34-29(28-15-20-8-4-7-11-26(20)40-28)32-24-10-6-5-9-23(24)30(34)36/h4-17H,1-3H3. The fourth-order valence-corrected chi connectivity index (χ4v) is 4.86. The SMILES string of the molecule is COc1cc([N+](=O)[O-])ccc1-n1c(C)cc(C=Nn2c(-c3cc4ccccc4o3)nc3ccccc3c2=O)c1C. The van der Waals surface area contributed by atoms with Gasteiger partial charge in [0.25, 0.3) is 11.2 Å². The maximum Gasteiger partial charge on any atom is 0.282 e. The van der Waals surface area contributed by atoms with Crippen LogP contribution in [0, 0.1) is 24.0 Å². The molecule has 0 unspecified atom stereocenters. The number of non-ortho nitro benzene ring substituents is 1. The summed E-state index contributed by atoms with van der Waals surface area (Å²) in [6.45, 7) is 3.81. The number of methoxy groups -OCH3 is 1. The van der Waals surface area contributed by atoms with Gasteiger partial charge in [0.2, 0.25) is 5.82 Å². The number of hydrogen-bond donors (Lipinski definition) is 0. The smallest absolute Gasteiger partial charge is 0.282 e. The van der Waals surface area contributed by atoms with Crippen LogP contribution in [0.5, 0.6) is 5.75 Å². The molecule has 0 aliphatic carbocycles. The molecule has 3 aromatic carbocycles. The van der Waals surface area contributed by atoms with Crippen LogP contribution in [0.1, 0.15) is 17.0 Å². The molecule has 0 saturated carbocycles. The van der Waals surface area contributed by atoms with Crippen molar-refractivity contribution in [2.75, 3.05) is 7.11 Å². The summed E-state index contributed by atoms with van der Waals surface area (Å²) in [6.07, 6.45) is 1.60. The third-order valence-electron chi connectivity index (χ3n) is 6.80. The number of nitrogens with zero attached hydrogens (tertiary/aromatic N) is 5. The molecule has 0 bridgehead atoms. The van der Waals surface area contributed by atoms with Crippen LogP contribution in [0.2, 0.25) is 0 Å². The Kier molecular flexibility index (Phi) is 5.99. The molecular formula is C30H23N5O5. The van der Waals surface area contributed by atoms with Crippen LogP contribution in [0.15, 0.2) is 93.2 Å². The highest BCUT2D eigenvalue weighted by Gasteiger charge is 2.19. The normalized spacial score (nSPS) is 11.6. The average molecular weight is 534 g/mol. The van der Waals surface area contributed by atoms with Crippen molar-refractivity contribution in [1.29, 1.82) is 0 Å². The minimum atomic E-state index is -0.464. The molecule has 0 N–H and O–H groups in total. The second kappa shape index (κ2) is 9.66. The van der Waals surface area contributed by atoms with Gasteiger partial charge in [0.15, 0.2) is 5.76 Å². The van der Waals surface area contributed by atoms with Gasteiger partial charge in [-0.2, -0.15) is 9.78 Å². The Morgan fingerprint density at radius 3 is 2.58 bits per heavy atom. The van der Waals surface area contributed by atoms with Crippen LogP contribution in [0.3, 0.4) is 0 Å². The van der Waals surface area contributed by atoms with Crippen molar-refractivity contribution in [2.24, 2.45) is 5.10 Å². The first-order valence-electron chi connectivity index (χ1n) is 12.4. The number of fused-ring (bicyclic) bond motifs is 2. The molecule has 6 aromatic rings. The monoisotopic (exact) mass is 533 g/mol. The summed E-state index contributed by atoms with van der Waals surface area (Å²) in [6, 6.07) is 22.9. The van der Waals surface area contributed by atoms with Crippen molar-refractivity contribution < 1.29 is 14.1 Å². The summed E-state index contributed by atoms with van der Waals surface area (Å²) in [4.78, 5) is 29.1. The van der Waals surface area contributed by atoms with Gasteiger partial charge in [-0.05, 0) is 50.2 Å². The van der Waals surface area contributed by atoms with Gasteiger partial charge in [-0.1, -0.05) is 30.3 Å². The van der Waals surface area contributed by atoms with E-state index in [2.05, 4.69) is 5.10 Å². The maximum atomic E-state index is 13.6. The van der Waals surface area contributed by atoms with E-state index in [4.69, 9.17) is 14.1 Å². The van der Waals surface area contributed by atoms with Gasteiger partial charge in [0.05, 0.1) is 40.9 Å². The van der Waals surface area contributed by atoms with Gasteiger partial charge < -0.3 is 13.7 Å². The highest BCUT2D eigenvalue weighted by atomic mass is 16.6. The minimum absolute atomic E-state index is 0.0638. The number of rotatable bonds is 6. The summed E-state index contributed by atoms with van der Waals surface area (Å²) in [5.74, 6) is 1.06. The van der Waals surface area contributed by atoms with E-state index in [1.807, 2.05) is 60.9 Å². The lowest BCUT2D eigenvalue weighted by atomic mass is 10.2. The topological polar surface area (TPSA) is 118 Å². The molecular weight excluding hydrogens is 510 g/mol. The van der Waals surface area contributed by atoms with Gasteiger partial charge in [0, 0.05) is 28.4 Å². The number of aryl methyl sites for hydroxylation is 1. The number of ether oxygens (including phenoxy) is 1. The lowest BCUT2D eigenvalue weighted by Gasteiger charge is -2.13. The first kappa shape index (κ1) is 24.8. The van der Waals surface area contributed by atoms with E-state index in [0.717, 1.165) is 22.3 Å². The Morgan fingerprint density at radius 1 is 1.02 bits per heavy atom. The van der Waals surface area contributed by atoms with Crippen LogP contribution in [0.4, 0.5) is 5.69 Å². The van der Waals surface area contributed by atoms with Crippen LogP contribution in [-0.4, -0.2) is 32.5 Å². The summed E-state index contributed by atoms with van der Waals surface area (Å²) in [5.41, 5.74) is 3.88. The van der Waals surface area contributed by atoms with Gasteiger partial charge in [-0.15, -0.1) is 0 Å². The largest absolute Gasteiger partial charge is 0.494 e. The fourth-order valence-electron chi connectivity index (χ4n) is 4.86. The Hall–Kier alpha value is -5.51. The Bertz CT molecular complexity index is 2000. The van der Waals surface area contributed by atoms with E-state index in [-0.39, 0.29) is 17.1 Å². The van der Waals surface area contributed by atoms with Gasteiger partial charge in [-0.25, -0.2) is 4.98 Å². The Morgan fingerprint density at radius 2 is 1.80 bits per heavy atom. The third kappa shape index (κ3) is 4.11. The van der Waals surface area contributed by atoms with E-state index in [1.165, 1.54) is 23.9 Å². The molecule has 198 valence electrons. The maximum absolute atomic E-state index is 13.6. The molecule has 0 amide bonds. The van der Waals surface area contributed by atoms with E-state index in [0.29, 0.717) is 33.7 Å². The summed E-state index contributed by atoms with van der Waals surface area (Å²) in [7, 11) is 1.47. The molecule has 0 aliphatic rings. The number of benzene rings is 3.